The zero-order valence-electron chi connectivity index (χ0n) is 11.3. The Morgan fingerprint density at radius 2 is 1.78 bits per heavy atom. The molecule has 0 radical (unpaired) electrons. The highest BCUT2D eigenvalue weighted by molar-refractivity contribution is 5.49. The van der Waals surface area contributed by atoms with Crippen molar-refractivity contribution in [1.29, 1.82) is 0 Å². The topological polar surface area (TPSA) is 0 Å². The summed E-state index contributed by atoms with van der Waals surface area (Å²) in [5.41, 5.74) is 4.97. The van der Waals surface area contributed by atoms with Crippen molar-refractivity contribution in [1.82, 2.24) is 0 Å². The molecule has 0 aliphatic heterocycles. The first kappa shape index (κ1) is 12.0. The lowest BCUT2D eigenvalue weighted by molar-refractivity contribution is 0.530. The van der Waals surface area contributed by atoms with Crippen molar-refractivity contribution in [3.8, 4) is 0 Å². The normalized spacial score (nSPS) is 25.4. The number of hydrogen-bond acceptors (Lipinski definition) is 0. The van der Waals surface area contributed by atoms with Crippen LogP contribution >= 0.6 is 0 Å². The first-order chi connectivity index (χ1) is 8.95. The third-order valence-corrected chi connectivity index (χ3v) is 4.67. The minimum absolute atomic E-state index is 0.848. The smallest absolute Gasteiger partial charge is 0.0126 e. The molecule has 0 nitrogen and oxygen atoms in total. The highest BCUT2D eigenvalue weighted by atomic mass is 14.3. The van der Waals surface area contributed by atoms with Gasteiger partial charge in [0.05, 0.1) is 0 Å². The number of rotatable bonds is 1. The molecule has 0 aromatic carbocycles. The summed E-state index contributed by atoms with van der Waals surface area (Å²) in [5.74, 6) is 0.848. The number of hydrogen-bond donors (Lipinski definition) is 0. The van der Waals surface area contributed by atoms with Gasteiger partial charge in [-0.1, -0.05) is 61.6 Å². The fourth-order valence-corrected chi connectivity index (χ4v) is 3.69. The molecule has 0 atom stereocenters. The monoisotopic (exact) mass is 240 g/mol. The molecule has 0 spiro atoms. The highest BCUT2D eigenvalue weighted by Crippen LogP contribution is 2.39. The standard InChI is InChI=1S/C18H24/c1-2-5-10-15(9-4-1)18-14-8-12-16-11-6-3-7-13-17(16)18/h3,6-7,13-15H,1-2,4-5,8-12H2. The maximum atomic E-state index is 2.55. The fraction of sp³-hybridized carbons (Fsp3) is 0.556. The van der Waals surface area contributed by atoms with Crippen LogP contribution in [0.2, 0.25) is 0 Å². The van der Waals surface area contributed by atoms with Gasteiger partial charge in [0.25, 0.3) is 0 Å². The molecule has 3 aliphatic rings. The number of allylic oxidation sites excluding steroid dienone is 8. The van der Waals surface area contributed by atoms with Gasteiger partial charge < -0.3 is 0 Å². The zero-order chi connectivity index (χ0) is 12.2. The molecule has 96 valence electrons. The van der Waals surface area contributed by atoms with Gasteiger partial charge in [0, 0.05) is 0 Å². The molecule has 0 aromatic heterocycles. The summed E-state index contributed by atoms with van der Waals surface area (Å²) < 4.78 is 0. The summed E-state index contributed by atoms with van der Waals surface area (Å²) in [6, 6.07) is 0. The van der Waals surface area contributed by atoms with Gasteiger partial charge in [0.2, 0.25) is 0 Å². The van der Waals surface area contributed by atoms with Gasteiger partial charge in [-0.15, -0.1) is 0 Å². The van der Waals surface area contributed by atoms with Crippen molar-refractivity contribution in [3.05, 3.63) is 47.1 Å². The molecule has 0 heteroatoms. The van der Waals surface area contributed by atoms with E-state index < -0.39 is 0 Å². The van der Waals surface area contributed by atoms with Gasteiger partial charge in [-0.05, 0) is 49.2 Å². The Balaban J connectivity index is 1.86. The molecule has 0 N–H and O–H groups in total. The lowest BCUT2D eigenvalue weighted by atomic mass is 9.80. The van der Waals surface area contributed by atoms with E-state index in [-0.39, 0.29) is 0 Å². The van der Waals surface area contributed by atoms with Crippen LogP contribution in [0.1, 0.15) is 57.8 Å². The van der Waals surface area contributed by atoms with Crippen LogP contribution < -0.4 is 0 Å². The molecule has 0 bridgehead atoms. The van der Waals surface area contributed by atoms with Crippen LogP contribution in [0, 0.1) is 5.92 Å². The summed E-state index contributed by atoms with van der Waals surface area (Å²) in [6.07, 6.45) is 24.0. The van der Waals surface area contributed by atoms with Crippen LogP contribution in [0.15, 0.2) is 47.1 Å². The molecule has 3 aliphatic carbocycles. The van der Waals surface area contributed by atoms with E-state index in [2.05, 4.69) is 30.4 Å². The van der Waals surface area contributed by atoms with Crippen molar-refractivity contribution in [3.63, 3.8) is 0 Å². The minimum Gasteiger partial charge on any atom is -0.0804 e. The quantitative estimate of drug-likeness (QED) is 0.532. The third-order valence-electron chi connectivity index (χ3n) is 4.67. The molecule has 0 heterocycles. The largest absolute Gasteiger partial charge is 0.0804 e. The SMILES string of the molecule is C1=CCC2=C(C=C1)C(C1CCCCCC1)=CCC2. The van der Waals surface area contributed by atoms with Gasteiger partial charge in [-0.2, -0.15) is 0 Å². The second-order valence-corrected chi connectivity index (χ2v) is 5.90. The van der Waals surface area contributed by atoms with Crippen LogP contribution in [0.4, 0.5) is 0 Å². The van der Waals surface area contributed by atoms with Crippen molar-refractivity contribution in [2.45, 2.75) is 57.8 Å². The summed E-state index contributed by atoms with van der Waals surface area (Å²) in [4.78, 5) is 0. The lowest BCUT2D eigenvalue weighted by Crippen LogP contribution is -2.09. The highest BCUT2D eigenvalue weighted by Gasteiger charge is 2.22. The molecule has 0 aromatic rings. The zero-order valence-corrected chi connectivity index (χ0v) is 11.3. The molecular weight excluding hydrogens is 216 g/mol. The van der Waals surface area contributed by atoms with E-state index in [4.69, 9.17) is 0 Å². The third kappa shape index (κ3) is 2.53. The van der Waals surface area contributed by atoms with E-state index >= 15 is 0 Å². The molecule has 0 amide bonds. The van der Waals surface area contributed by atoms with Crippen molar-refractivity contribution < 1.29 is 0 Å². The molecule has 1 fully saturated rings. The predicted octanol–water partition coefficient (Wildman–Crippen LogP) is 5.49. The van der Waals surface area contributed by atoms with Crippen LogP contribution in [-0.4, -0.2) is 0 Å². The summed E-state index contributed by atoms with van der Waals surface area (Å²) in [6.45, 7) is 0. The van der Waals surface area contributed by atoms with Crippen molar-refractivity contribution >= 4 is 0 Å². The Morgan fingerprint density at radius 3 is 2.61 bits per heavy atom. The van der Waals surface area contributed by atoms with E-state index in [9.17, 15) is 0 Å². The molecule has 1 saturated carbocycles. The lowest BCUT2D eigenvalue weighted by Gasteiger charge is -2.25. The van der Waals surface area contributed by atoms with Gasteiger partial charge in [0.15, 0.2) is 0 Å². The van der Waals surface area contributed by atoms with E-state index in [1.807, 2.05) is 0 Å². The molecule has 0 saturated heterocycles. The first-order valence-corrected chi connectivity index (χ1v) is 7.71. The van der Waals surface area contributed by atoms with Crippen LogP contribution in [0.3, 0.4) is 0 Å². The Labute approximate surface area is 111 Å². The Hall–Kier alpha value is -1.04. The van der Waals surface area contributed by atoms with Gasteiger partial charge in [0.1, 0.15) is 0 Å². The summed E-state index contributed by atoms with van der Waals surface area (Å²) in [5, 5.41) is 0. The van der Waals surface area contributed by atoms with Crippen LogP contribution in [0.5, 0.6) is 0 Å². The predicted molar refractivity (Wildman–Crippen MR) is 78.4 cm³/mol. The Morgan fingerprint density at radius 1 is 0.944 bits per heavy atom. The minimum atomic E-state index is 0.848. The average molecular weight is 240 g/mol. The summed E-state index contributed by atoms with van der Waals surface area (Å²) >= 11 is 0. The van der Waals surface area contributed by atoms with E-state index in [0.717, 1.165) is 5.92 Å². The second kappa shape index (κ2) is 5.73. The van der Waals surface area contributed by atoms with E-state index in [0.29, 0.717) is 0 Å². The van der Waals surface area contributed by atoms with E-state index in [1.165, 1.54) is 57.8 Å². The molecule has 3 rings (SSSR count). The maximum absolute atomic E-state index is 2.55. The maximum Gasteiger partial charge on any atom is -0.0126 e. The fourth-order valence-electron chi connectivity index (χ4n) is 3.69. The average Bonchev–Trinajstić information content (AvgIpc) is 2.80. The van der Waals surface area contributed by atoms with Gasteiger partial charge >= 0.3 is 0 Å². The first-order valence-electron chi connectivity index (χ1n) is 7.71. The van der Waals surface area contributed by atoms with Crippen LogP contribution in [-0.2, 0) is 0 Å². The Bertz CT molecular complexity index is 409. The van der Waals surface area contributed by atoms with Crippen LogP contribution in [0.25, 0.3) is 0 Å². The van der Waals surface area contributed by atoms with Gasteiger partial charge in [-0.25, -0.2) is 0 Å². The molecule has 18 heavy (non-hydrogen) atoms. The molecule has 0 unspecified atom stereocenters. The van der Waals surface area contributed by atoms with E-state index in [1.54, 1.807) is 16.7 Å². The summed E-state index contributed by atoms with van der Waals surface area (Å²) in [7, 11) is 0. The van der Waals surface area contributed by atoms with Gasteiger partial charge in [-0.3, -0.25) is 0 Å². The molecular formula is C18H24. The van der Waals surface area contributed by atoms with Crippen molar-refractivity contribution in [2.75, 3.05) is 0 Å². The second-order valence-electron chi connectivity index (χ2n) is 5.90. The van der Waals surface area contributed by atoms with Crippen molar-refractivity contribution in [2.24, 2.45) is 5.92 Å². The Kier molecular flexibility index (Phi) is 3.83.